The number of benzene rings is 1. The Balaban J connectivity index is 1.66. The quantitative estimate of drug-likeness (QED) is 0.484. The fourth-order valence-electron chi connectivity index (χ4n) is 3.17. The minimum atomic E-state index is -1.22. The molecule has 0 amide bonds. The van der Waals surface area contributed by atoms with E-state index in [0.717, 1.165) is 5.56 Å². The van der Waals surface area contributed by atoms with Gasteiger partial charge < -0.3 is 29.8 Å². The van der Waals surface area contributed by atoms with Gasteiger partial charge in [0.15, 0.2) is 11.4 Å². The third kappa shape index (κ3) is 3.38. The molecule has 8 nitrogen and oxygen atoms in total. The Morgan fingerprint density at radius 3 is 2.59 bits per heavy atom. The van der Waals surface area contributed by atoms with Crippen molar-refractivity contribution in [3.05, 3.63) is 53.0 Å². The molecular weight excluding hydrogens is 374 g/mol. The number of aliphatic hydroxyl groups is 3. The second-order valence-electron chi connectivity index (χ2n) is 6.31. The summed E-state index contributed by atoms with van der Waals surface area (Å²) in [7, 11) is 0. The zero-order valence-corrected chi connectivity index (χ0v) is 14.9. The highest BCUT2D eigenvalue weighted by Gasteiger charge is 2.44. The fourth-order valence-corrected chi connectivity index (χ4v) is 3.34. The predicted molar refractivity (Wildman–Crippen MR) is 97.3 cm³/mol. The van der Waals surface area contributed by atoms with Gasteiger partial charge in [-0.15, -0.1) is 0 Å². The van der Waals surface area contributed by atoms with Crippen LogP contribution in [0.2, 0.25) is 5.28 Å². The summed E-state index contributed by atoms with van der Waals surface area (Å²) in [5, 5.41) is 32.7. The molecular formula is C18H18ClN3O5. The Morgan fingerprint density at radius 1 is 1.11 bits per heavy atom. The number of rotatable bonds is 5. The molecule has 1 saturated heterocycles. The second kappa shape index (κ2) is 7.41. The maximum atomic E-state index is 10.3. The summed E-state index contributed by atoms with van der Waals surface area (Å²) in [5.41, 5.74) is 2.22. The molecule has 3 heterocycles. The number of hydrogen-bond donors (Lipinski definition) is 4. The van der Waals surface area contributed by atoms with Crippen molar-refractivity contribution >= 4 is 28.5 Å². The number of halogens is 1. The Morgan fingerprint density at radius 2 is 1.89 bits per heavy atom. The lowest BCUT2D eigenvalue weighted by Gasteiger charge is -2.13. The average Bonchev–Trinajstić information content (AvgIpc) is 3.22. The molecule has 1 aromatic carbocycles. The lowest BCUT2D eigenvalue weighted by Crippen LogP contribution is -2.32. The van der Waals surface area contributed by atoms with E-state index in [1.54, 1.807) is 0 Å². The van der Waals surface area contributed by atoms with Gasteiger partial charge in [0.1, 0.15) is 29.9 Å². The van der Waals surface area contributed by atoms with Crippen molar-refractivity contribution in [2.75, 3.05) is 11.9 Å². The third-order valence-electron chi connectivity index (χ3n) is 4.57. The topological polar surface area (TPSA) is 121 Å². The third-order valence-corrected chi connectivity index (χ3v) is 4.74. The first-order valence-corrected chi connectivity index (χ1v) is 8.81. The summed E-state index contributed by atoms with van der Waals surface area (Å²) in [6.45, 7) is 0.0945. The lowest BCUT2D eigenvalue weighted by atomic mass is 10.0. The van der Waals surface area contributed by atoms with Crippen molar-refractivity contribution in [2.45, 2.75) is 31.0 Å². The van der Waals surface area contributed by atoms with Gasteiger partial charge in [0.05, 0.1) is 12.9 Å². The predicted octanol–water partition coefficient (Wildman–Crippen LogP) is 1.64. The van der Waals surface area contributed by atoms with Crippen LogP contribution < -0.4 is 5.32 Å². The Kier molecular flexibility index (Phi) is 4.98. The molecule has 1 aliphatic heterocycles. The summed E-state index contributed by atoms with van der Waals surface area (Å²) in [6, 6.07) is 9.75. The summed E-state index contributed by atoms with van der Waals surface area (Å²) in [5.74, 6) is 0.409. The Hall–Kier alpha value is -2.23. The first kappa shape index (κ1) is 18.1. The molecule has 0 aliphatic carbocycles. The van der Waals surface area contributed by atoms with Gasteiger partial charge in [0.2, 0.25) is 5.28 Å². The van der Waals surface area contributed by atoms with Crippen molar-refractivity contribution in [3.63, 3.8) is 0 Å². The van der Waals surface area contributed by atoms with Crippen LogP contribution in [0.25, 0.3) is 11.1 Å². The van der Waals surface area contributed by atoms with Crippen LogP contribution in [0.5, 0.6) is 0 Å². The van der Waals surface area contributed by atoms with E-state index in [-0.39, 0.29) is 5.28 Å². The van der Waals surface area contributed by atoms with E-state index in [9.17, 15) is 15.3 Å². The van der Waals surface area contributed by atoms with Crippen molar-refractivity contribution < 1.29 is 24.5 Å². The minimum absolute atomic E-state index is 0.00690. The van der Waals surface area contributed by atoms with Gasteiger partial charge >= 0.3 is 0 Å². The molecule has 4 rings (SSSR count). The number of nitrogens with zero attached hydrogens (tertiary/aromatic N) is 2. The second-order valence-corrected chi connectivity index (χ2v) is 6.65. The number of ether oxygens (including phenoxy) is 1. The molecule has 1 aliphatic rings. The largest absolute Gasteiger partial charge is 0.458 e. The normalized spacial score (nSPS) is 25.2. The smallest absolute Gasteiger partial charge is 0.225 e. The summed E-state index contributed by atoms with van der Waals surface area (Å²) < 4.78 is 11.2. The van der Waals surface area contributed by atoms with E-state index in [0.29, 0.717) is 29.0 Å². The standard InChI is InChI=1S/C18H18ClN3O5/c19-18-21-12-10(15-14(25)13(24)11(7-23)27-15)8-26-16(12)17(22-18)20-6-9-4-2-1-3-5-9/h1-5,8,11,13-15,23-25H,6-7H2,(H,20,21,22)/t11-,13-,14-,15+/m1/s1. The average molecular weight is 392 g/mol. The molecule has 27 heavy (non-hydrogen) atoms. The van der Waals surface area contributed by atoms with Crippen LogP contribution in [-0.4, -0.2) is 50.2 Å². The molecule has 0 unspecified atom stereocenters. The van der Waals surface area contributed by atoms with E-state index >= 15 is 0 Å². The number of aliphatic hydroxyl groups excluding tert-OH is 3. The van der Waals surface area contributed by atoms with E-state index in [1.807, 2.05) is 30.3 Å². The minimum Gasteiger partial charge on any atom is -0.458 e. The van der Waals surface area contributed by atoms with Crippen LogP contribution in [0, 0.1) is 0 Å². The van der Waals surface area contributed by atoms with Crippen LogP contribution in [0.4, 0.5) is 5.82 Å². The van der Waals surface area contributed by atoms with Crippen LogP contribution in [0.15, 0.2) is 41.0 Å². The van der Waals surface area contributed by atoms with Gasteiger partial charge in [0.25, 0.3) is 0 Å². The van der Waals surface area contributed by atoms with Crippen molar-refractivity contribution in [3.8, 4) is 0 Å². The molecule has 9 heteroatoms. The monoisotopic (exact) mass is 391 g/mol. The summed E-state index contributed by atoms with van der Waals surface area (Å²) >= 11 is 6.07. The zero-order valence-electron chi connectivity index (χ0n) is 14.1. The maximum absolute atomic E-state index is 10.3. The van der Waals surface area contributed by atoms with Gasteiger partial charge in [-0.1, -0.05) is 30.3 Å². The fraction of sp³-hybridized carbons (Fsp3) is 0.333. The lowest BCUT2D eigenvalue weighted by molar-refractivity contribution is -0.0226. The van der Waals surface area contributed by atoms with Crippen molar-refractivity contribution in [2.24, 2.45) is 0 Å². The van der Waals surface area contributed by atoms with Gasteiger partial charge in [-0.3, -0.25) is 0 Å². The molecule has 0 saturated carbocycles. The van der Waals surface area contributed by atoms with E-state index in [1.165, 1.54) is 6.26 Å². The maximum Gasteiger partial charge on any atom is 0.225 e. The van der Waals surface area contributed by atoms with E-state index in [2.05, 4.69) is 15.3 Å². The van der Waals surface area contributed by atoms with Gasteiger partial charge in [-0.2, -0.15) is 4.98 Å². The van der Waals surface area contributed by atoms with E-state index in [4.69, 9.17) is 20.8 Å². The number of hydrogen-bond acceptors (Lipinski definition) is 8. The summed E-state index contributed by atoms with van der Waals surface area (Å²) in [6.07, 6.45) is -2.83. The molecule has 0 bridgehead atoms. The summed E-state index contributed by atoms with van der Waals surface area (Å²) in [4.78, 5) is 8.37. The van der Waals surface area contributed by atoms with E-state index < -0.39 is 31.0 Å². The highest BCUT2D eigenvalue weighted by Crippen LogP contribution is 2.39. The van der Waals surface area contributed by atoms with Crippen LogP contribution in [-0.2, 0) is 11.3 Å². The van der Waals surface area contributed by atoms with Crippen molar-refractivity contribution in [1.29, 1.82) is 0 Å². The number of anilines is 1. The first-order chi connectivity index (χ1) is 13.1. The molecule has 0 radical (unpaired) electrons. The molecule has 3 aromatic rings. The first-order valence-electron chi connectivity index (χ1n) is 8.43. The molecule has 2 aromatic heterocycles. The molecule has 4 N–H and O–H groups in total. The zero-order chi connectivity index (χ0) is 19.0. The molecule has 0 spiro atoms. The number of nitrogens with one attached hydrogen (secondary N) is 1. The van der Waals surface area contributed by atoms with Gasteiger partial charge in [-0.25, -0.2) is 4.98 Å². The SMILES string of the molecule is OC[C@H]1O[C@@H](c2coc3c(NCc4ccccc4)nc(Cl)nc23)[C@H](O)[C@@H]1O. The molecule has 142 valence electrons. The Bertz CT molecular complexity index is 935. The number of aromatic nitrogens is 2. The van der Waals surface area contributed by atoms with Gasteiger partial charge in [0, 0.05) is 12.1 Å². The molecule has 1 fully saturated rings. The van der Waals surface area contributed by atoms with Crippen molar-refractivity contribution in [1.82, 2.24) is 9.97 Å². The molecule has 4 atom stereocenters. The highest BCUT2D eigenvalue weighted by molar-refractivity contribution is 6.28. The Labute approximate surface area is 159 Å². The number of furan rings is 1. The highest BCUT2D eigenvalue weighted by atomic mass is 35.5. The number of fused-ring (bicyclic) bond motifs is 1. The van der Waals surface area contributed by atoms with Crippen LogP contribution in [0.3, 0.4) is 0 Å². The van der Waals surface area contributed by atoms with Gasteiger partial charge in [-0.05, 0) is 17.2 Å². The van der Waals surface area contributed by atoms with Crippen LogP contribution >= 0.6 is 11.6 Å². The van der Waals surface area contributed by atoms with Crippen LogP contribution in [0.1, 0.15) is 17.2 Å².